The number of benzene rings is 1. The van der Waals surface area contributed by atoms with Crippen LogP contribution in [0.25, 0.3) is 0 Å². The minimum absolute atomic E-state index is 0.00731. The second-order valence-corrected chi connectivity index (χ2v) is 7.55. The van der Waals surface area contributed by atoms with Gasteiger partial charge in [0.1, 0.15) is 0 Å². The molecule has 2 aliphatic rings. The Kier molecular flexibility index (Phi) is 4.23. The Balaban J connectivity index is 1.60. The molecule has 1 aromatic heterocycles. The number of aromatic nitrogens is 2. The molecule has 6 nitrogen and oxygen atoms in total. The van der Waals surface area contributed by atoms with Crippen LogP contribution in [0.4, 0.5) is 0 Å². The van der Waals surface area contributed by atoms with Gasteiger partial charge in [0.25, 0.3) is 5.91 Å². The Morgan fingerprint density at radius 3 is 2.54 bits per heavy atom. The van der Waals surface area contributed by atoms with E-state index >= 15 is 0 Å². The Morgan fingerprint density at radius 1 is 1.19 bits per heavy atom. The average molecular weight is 373 g/mol. The number of nitrogens with one attached hydrogen (secondary N) is 1. The van der Waals surface area contributed by atoms with E-state index in [0.29, 0.717) is 30.4 Å². The maximum atomic E-state index is 12.8. The number of amides is 2. The van der Waals surface area contributed by atoms with Crippen LogP contribution in [0, 0.1) is 18.8 Å². The van der Waals surface area contributed by atoms with E-state index in [4.69, 9.17) is 11.6 Å². The minimum Gasteiger partial charge on any atom is -0.336 e. The van der Waals surface area contributed by atoms with Crippen molar-refractivity contribution in [3.05, 3.63) is 52.3 Å². The van der Waals surface area contributed by atoms with Crippen LogP contribution in [0.1, 0.15) is 34.7 Å². The first kappa shape index (κ1) is 17.1. The molecule has 0 radical (unpaired) electrons. The van der Waals surface area contributed by atoms with Gasteiger partial charge in [0.05, 0.1) is 16.8 Å². The molecular formula is C19H21ClN4O2. The highest BCUT2D eigenvalue weighted by molar-refractivity contribution is 6.34. The van der Waals surface area contributed by atoms with Crippen LogP contribution < -0.4 is 0 Å². The van der Waals surface area contributed by atoms with E-state index in [2.05, 4.69) is 22.3 Å². The van der Waals surface area contributed by atoms with E-state index in [-0.39, 0.29) is 35.4 Å². The smallest absolute Gasteiger partial charge is 0.275 e. The van der Waals surface area contributed by atoms with Crippen LogP contribution in [0.15, 0.2) is 30.3 Å². The number of aromatic amines is 1. The number of fused-ring (bicyclic) bond motifs is 1. The van der Waals surface area contributed by atoms with Crippen LogP contribution in [0.5, 0.6) is 0 Å². The molecule has 2 aliphatic heterocycles. The molecule has 2 amide bonds. The van der Waals surface area contributed by atoms with E-state index in [9.17, 15) is 9.59 Å². The Bertz CT molecular complexity index is 850. The first-order chi connectivity index (χ1) is 12.5. The van der Waals surface area contributed by atoms with Gasteiger partial charge in [-0.05, 0) is 12.5 Å². The predicted molar refractivity (Wildman–Crippen MR) is 97.8 cm³/mol. The van der Waals surface area contributed by atoms with Crippen molar-refractivity contribution in [2.24, 2.45) is 11.8 Å². The molecule has 2 fully saturated rings. The average Bonchev–Trinajstić information content (AvgIpc) is 3.28. The van der Waals surface area contributed by atoms with E-state index < -0.39 is 0 Å². The van der Waals surface area contributed by atoms with Crippen molar-refractivity contribution in [1.82, 2.24) is 20.0 Å². The van der Waals surface area contributed by atoms with Crippen molar-refractivity contribution in [1.29, 1.82) is 0 Å². The van der Waals surface area contributed by atoms with E-state index in [1.807, 2.05) is 28.0 Å². The van der Waals surface area contributed by atoms with E-state index in [0.717, 1.165) is 5.56 Å². The fourth-order valence-electron chi connectivity index (χ4n) is 4.32. The number of carbonyl (C=O) groups excluding carboxylic acids is 2. The summed E-state index contributed by atoms with van der Waals surface area (Å²) < 4.78 is 0. The molecular weight excluding hydrogens is 352 g/mol. The normalized spacial score (nSPS) is 24.8. The summed E-state index contributed by atoms with van der Waals surface area (Å²) in [5, 5.41) is 7.21. The highest BCUT2D eigenvalue weighted by Gasteiger charge is 2.49. The van der Waals surface area contributed by atoms with Crippen molar-refractivity contribution in [3.8, 4) is 0 Å². The molecule has 0 bridgehead atoms. The molecule has 0 aliphatic carbocycles. The number of nitrogens with zero attached hydrogens (tertiary/aromatic N) is 3. The summed E-state index contributed by atoms with van der Waals surface area (Å²) in [6.45, 7) is 5.32. The van der Waals surface area contributed by atoms with Gasteiger partial charge in [-0.25, -0.2) is 0 Å². The molecule has 136 valence electrons. The first-order valence-electron chi connectivity index (χ1n) is 8.79. The number of rotatable bonds is 2. The fraction of sp³-hybridized carbons (Fsp3) is 0.421. The predicted octanol–water partition coefficient (Wildman–Crippen LogP) is 2.66. The largest absolute Gasteiger partial charge is 0.336 e. The zero-order valence-corrected chi connectivity index (χ0v) is 15.5. The molecule has 3 atom stereocenters. The molecule has 4 rings (SSSR count). The summed E-state index contributed by atoms with van der Waals surface area (Å²) in [4.78, 5) is 28.8. The molecule has 0 saturated carbocycles. The molecule has 26 heavy (non-hydrogen) atoms. The highest BCUT2D eigenvalue weighted by Crippen LogP contribution is 2.45. The summed E-state index contributed by atoms with van der Waals surface area (Å²) in [5.41, 5.74) is 2.10. The summed E-state index contributed by atoms with van der Waals surface area (Å²) in [6.07, 6.45) is 0. The van der Waals surface area contributed by atoms with E-state index in [1.54, 1.807) is 13.8 Å². The molecule has 1 aromatic carbocycles. The lowest BCUT2D eigenvalue weighted by atomic mass is 9.89. The highest BCUT2D eigenvalue weighted by atomic mass is 35.5. The zero-order chi connectivity index (χ0) is 18.4. The Labute approximate surface area is 157 Å². The number of hydrogen-bond acceptors (Lipinski definition) is 3. The third-order valence-corrected chi connectivity index (χ3v) is 6.03. The zero-order valence-electron chi connectivity index (χ0n) is 14.8. The van der Waals surface area contributed by atoms with Gasteiger partial charge >= 0.3 is 0 Å². The number of halogens is 1. The maximum absolute atomic E-state index is 12.8. The number of hydrogen-bond donors (Lipinski definition) is 1. The van der Waals surface area contributed by atoms with Crippen molar-refractivity contribution in [2.75, 3.05) is 19.6 Å². The van der Waals surface area contributed by atoms with Crippen LogP contribution in [-0.2, 0) is 4.79 Å². The van der Waals surface area contributed by atoms with Gasteiger partial charge in [-0.3, -0.25) is 14.7 Å². The number of likely N-dealkylation sites (tertiary alicyclic amines) is 2. The van der Waals surface area contributed by atoms with Crippen molar-refractivity contribution >= 4 is 23.4 Å². The van der Waals surface area contributed by atoms with Crippen LogP contribution in [-0.4, -0.2) is 51.4 Å². The second-order valence-electron chi connectivity index (χ2n) is 7.17. The van der Waals surface area contributed by atoms with Gasteiger partial charge in [0.2, 0.25) is 5.91 Å². The van der Waals surface area contributed by atoms with Crippen LogP contribution >= 0.6 is 11.6 Å². The maximum Gasteiger partial charge on any atom is 0.275 e. The monoisotopic (exact) mass is 372 g/mol. The lowest BCUT2D eigenvalue weighted by molar-refractivity contribution is -0.130. The molecule has 2 saturated heterocycles. The molecule has 0 spiro atoms. The van der Waals surface area contributed by atoms with E-state index in [1.165, 1.54) is 0 Å². The Hall–Kier alpha value is -2.34. The molecule has 1 N–H and O–H groups in total. The lowest BCUT2D eigenvalue weighted by Gasteiger charge is -2.29. The van der Waals surface area contributed by atoms with Gasteiger partial charge in [0, 0.05) is 38.4 Å². The topological polar surface area (TPSA) is 69.3 Å². The first-order valence-corrected chi connectivity index (χ1v) is 9.17. The third kappa shape index (κ3) is 2.69. The second kappa shape index (κ2) is 6.43. The third-order valence-electron chi connectivity index (χ3n) is 5.57. The number of carbonyl (C=O) groups is 2. The van der Waals surface area contributed by atoms with Gasteiger partial charge in [-0.15, -0.1) is 0 Å². The Morgan fingerprint density at radius 2 is 1.92 bits per heavy atom. The quantitative estimate of drug-likeness (QED) is 0.881. The lowest BCUT2D eigenvalue weighted by Crippen LogP contribution is -2.36. The molecule has 7 heteroatoms. The van der Waals surface area contributed by atoms with Gasteiger partial charge in [-0.1, -0.05) is 41.9 Å². The standard InChI is InChI=1S/C19H21ClN4O2/c1-11-16(20)17(22-21-11)19(26)23-8-14-9-24(12(2)25)18(15(14)10-23)13-6-4-3-5-7-13/h3-7,14-15,18H,8-10H2,1-2H3,(H,21,22)/t14-,15-,18-/m1/s1. The summed E-state index contributed by atoms with van der Waals surface area (Å²) in [6, 6.07) is 10.1. The minimum atomic E-state index is -0.144. The number of aryl methyl sites for hydroxylation is 1. The van der Waals surface area contributed by atoms with Gasteiger partial charge in [0.15, 0.2) is 5.69 Å². The summed E-state index contributed by atoms with van der Waals surface area (Å²) in [7, 11) is 0. The summed E-state index contributed by atoms with van der Waals surface area (Å²) in [5.74, 6) is 0.433. The molecule has 3 heterocycles. The van der Waals surface area contributed by atoms with Gasteiger partial charge in [-0.2, -0.15) is 5.10 Å². The molecule has 0 unspecified atom stereocenters. The fourth-order valence-corrected chi connectivity index (χ4v) is 4.48. The van der Waals surface area contributed by atoms with Crippen molar-refractivity contribution < 1.29 is 9.59 Å². The number of H-pyrrole nitrogens is 1. The van der Waals surface area contributed by atoms with Crippen LogP contribution in [0.2, 0.25) is 5.02 Å². The molecule has 2 aromatic rings. The van der Waals surface area contributed by atoms with Gasteiger partial charge < -0.3 is 9.80 Å². The van der Waals surface area contributed by atoms with Crippen molar-refractivity contribution in [2.45, 2.75) is 19.9 Å². The van der Waals surface area contributed by atoms with Crippen molar-refractivity contribution in [3.63, 3.8) is 0 Å². The summed E-state index contributed by atoms with van der Waals surface area (Å²) >= 11 is 6.20. The SMILES string of the molecule is CC(=O)N1C[C@H]2CN(C(=O)c3n[nH]c(C)c3Cl)C[C@H]2[C@H]1c1ccccc1. The van der Waals surface area contributed by atoms with Crippen LogP contribution in [0.3, 0.4) is 0 Å².